The van der Waals surface area contributed by atoms with Gasteiger partial charge in [0.25, 0.3) is 5.91 Å². The van der Waals surface area contributed by atoms with Crippen molar-refractivity contribution in [3.63, 3.8) is 0 Å². The van der Waals surface area contributed by atoms with Gasteiger partial charge in [-0.1, -0.05) is 13.0 Å². The van der Waals surface area contributed by atoms with Crippen LogP contribution < -0.4 is 10.2 Å². The van der Waals surface area contributed by atoms with E-state index >= 15 is 0 Å². The zero-order chi connectivity index (χ0) is 22.6. The fourth-order valence-corrected chi connectivity index (χ4v) is 6.26. The second-order valence-electron chi connectivity index (χ2n) is 9.98. The van der Waals surface area contributed by atoms with Crippen LogP contribution in [0.15, 0.2) is 35.7 Å². The van der Waals surface area contributed by atoms with Crippen molar-refractivity contribution in [3.05, 3.63) is 52.5 Å². The molecule has 3 aromatic rings. The van der Waals surface area contributed by atoms with Gasteiger partial charge in [0.05, 0.1) is 16.8 Å². The minimum absolute atomic E-state index is 0.0627. The van der Waals surface area contributed by atoms with E-state index in [0.717, 1.165) is 58.6 Å². The first-order valence-corrected chi connectivity index (χ1v) is 12.4. The third-order valence-corrected chi connectivity index (χ3v) is 8.06. The maximum atomic E-state index is 13.9. The van der Waals surface area contributed by atoms with Crippen molar-refractivity contribution < 1.29 is 9.59 Å². The molecule has 3 heterocycles. The Bertz CT molecular complexity index is 1180. The van der Waals surface area contributed by atoms with Crippen LogP contribution in [-0.4, -0.2) is 28.0 Å². The predicted molar refractivity (Wildman–Crippen MR) is 131 cm³/mol. The number of amides is 2. The second kappa shape index (κ2) is 7.77. The summed E-state index contributed by atoms with van der Waals surface area (Å²) >= 11 is 1.63. The van der Waals surface area contributed by atoms with Crippen LogP contribution in [0.5, 0.6) is 0 Å². The number of carbonyl (C=O) groups is 2. The van der Waals surface area contributed by atoms with Crippen LogP contribution in [0, 0.1) is 19.8 Å². The van der Waals surface area contributed by atoms with Crippen molar-refractivity contribution in [2.45, 2.75) is 71.5 Å². The highest BCUT2D eigenvalue weighted by molar-refractivity contribution is 7.17. The Morgan fingerprint density at radius 3 is 2.47 bits per heavy atom. The summed E-state index contributed by atoms with van der Waals surface area (Å²) in [4.78, 5) is 29.5. The Morgan fingerprint density at radius 1 is 1.09 bits per heavy atom. The Morgan fingerprint density at radius 2 is 1.78 bits per heavy atom. The summed E-state index contributed by atoms with van der Waals surface area (Å²) in [6, 6.07) is 10.3. The van der Waals surface area contributed by atoms with Crippen molar-refractivity contribution >= 4 is 39.1 Å². The summed E-state index contributed by atoms with van der Waals surface area (Å²) in [5.41, 5.74) is 3.63. The van der Waals surface area contributed by atoms with Gasteiger partial charge in [-0.3, -0.25) is 14.5 Å². The van der Waals surface area contributed by atoms with E-state index in [1.807, 2.05) is 55.0 Å². The molecule has 32 heavy (non-hydrogen) atoms. The molecule has 6 heteroatoms. The number of nitrogens with zero attached hydrogens (tertiary/aromatic N) is 2. The molecule has 1 fully saturated rings. The zero-order valence-corrected chi connectivity index (χ0v) is 20.1. The van der Waals surface area contributed by atoms with Gasteiger partial charge in [0.15, 0.2) is 0 Å². The van der Waals surface area contributed by atoms with Gasteiger partial charge in [0.2, 0.25) is 5.91 Å². The number of thiophene rings is 1. The molecule has 0 spiro atoms. The van der Waals surface area contributed by atoms with Gasteiger partial charge in [0, 0.05) is 11.7 Å². The predicted octanol–water partition coefficient (Wildman–Crippen LogP) is 5.43. The maximum absolute atomic E-state index is 13.9. The van der Waals surface area contributed by atoms with Gasteiger partial charge in [-0.15, -0.1) is 11.3 Å². The summed E-state index contributed by atoms with van der Waals surface area (Å²) in [6.45, 7) is 8.70. The summed E-state index contributed by atoms with van der Waals surface area (Å²) in [6.07, 6.45) is 4.28. The SMILES string of the molecule is Cc1cc(C)cc(N2C(=O)c3cc4sccc4n3C[C@@]2(C)C(=O)NC2CCC(C)CC2)c1. The van der Waals surface area contributed by atoms with Gasteiger partial charge >= 0.3 is 0 Å². The number of rotatable bonds is 3. The fraction of sp³-hybridized carbons (Fsp3) is 0.462. The molecule has 0 bridgehead atoms. The number of nitrogens with one attached hydrogen (secondary N) is 1. The van der Waals surface area contributed by atoms with Gasteiger partial charge in [-0.2, -0.15) is 0 Å². The number of carbonyl (C=O) groups excluding carboxylic acids is 2. The highest BCUT2D eigenvalue weighted by atomic mass is 32.1. The summed E-state index contributed by atoms with van der Waals surface area (Å²) < 4.78 is 3.12. The van der Waals surface area contributed by atoms with E-state index in [-0.39, 0.29) is 17.9 Å². The van der Waals surface area contributed by atoms with E-state index in [9.17, 15) is 9.59 Å². The number of aryl methyl sites for hydroxylation is 2. The van der Waals surface area contributed by atoms with Crippen molar-refractivity contribution in [1.29, 1.82) is 0 Å². The minimum atomic E-state index is -1.01. The van der Waals surface area contributed by atoms with Crippen LogP contribution in [0.4, 0.5) is 5.69 Å². The molecule has 1 saturated carbocycles. The smallest absolute Gasteiger partial charge is 0.275 e. The molecule has 0 radical (unpaired) electrons. The molecular weight excluding hydrogens is 418 g/mol. The van der Waals surface area contributed by atoms with E-state index < -0.39 is 5.54 Å². The van der Waals surface area contributed by atoms with Crippen LogP contribution >= 0.6 is 11.3 Å². The van der Waals surface area contributed by atoms with Crippen molar-refractivity contribution in [1.82, 2.24) is 9.88 Å². The first-order valence-electron chi connectivity index (χ1n) is 11.6. The van der Waals surface area contributed by atoms with Gasteiger partial charge < -0.3 is 9.88 Å². The molecule has 1 atom stereocenters. The maximum Gasteiger partial charge on any atom is 0.275 e. The molecule has 1 N–H and O–H groups in total. The summed E-state index contributed by atoms with van der Waals surface area (Å²) in [5, 5.41) is 5.36. The monoisotopic (exact) mass is 449 g/mol. The number of hydrogen-bond donors (Lipinski definition) is 1. The second-order valence-corrected chi connectivity index (χ2v) is 10.9. The van der Waals surface area contributed by atoms with E-state index in [1.165, 1.54) is 0 Å². The van der Waals surface area contributed by atoms with E-state index in [4.69, 9.17) is 0 Å². The quantitative estimate of drug-likeness (QED) is 0.579. The Balaban J connectivity index is 1.58. The average molecular weight is 450 g/mol. The topological polar surface area (TPSA) is 54.3 Å². The highest BCUT2D eigenvalue weighted by Gasteiger charge is 2.49. The van der Waals surface area contributed by atoms with Crippen LogP contribution in [-0.2, 0) is 11.3 Å². The summed E-state index contributed by atoms with van der Waals surface area (Å²) in [7, 11) is 0. The molecule has 168 valence electrons. The van der Waals surface area contributed by atoms with E-state index in [0.29, 0.717) is 12.2 Å². The van der Waals surface area contributed by atoms with E-state index in [2.05, 4.69) is 18.3 Å². The summed E-state index contributed by atoms with van der Waals surface area (Å²) in [5.74, 6) is 0.544. The van der Waals surface area contributed by atoms with Crippen LogP contribution in [0.1, 0.15) is 61.1 Å². The molecule has 2 amide bonds. The largest absolute Gasteiger partial charge is 0.351 e. The van der Waals surface area contributed by atoms with E-state index in [1.54, 1.807) is 16.2 Å². The first kappa shape index (κ1) is 21.3. The van der Waals surface area contributed by atoms with Gasteiger partial charge in [-0.25, -0.2) is 0 Å². The lowest BCUT2D eigenvalue weighted by molar-refractivity contribution is -0.127. The molecule has 0 saturated heterocycles. The van der Waals surface area contributed by atoms with Crippen molar-refractivity contribution in [3.8, 4) is 0 Å². The standard InChI is InChI=1S/C26H31N3O2S/c1-16-5-7-19(8-6-16)27-25(31)26(4)15-28-21-9-10-32-23(21)14-22(28)24(30)29(26)20-12-17(2)11-18(3)13-20/h9-14,16,19H,5-8,15H2,1-4H3,(H,27,31)/t16?,19?,26-/m0/s1. The minimum Gasteiger partial charge on any atom is -0.351 e. The average Bonchev–Trinajstić information content (AvgIpc) is 3.31. The fourth-order valence-electron chi connectivity index (χ4n) is 5.44. The number of benzene rings is 1. The van der Waals surface area contributed by atoms with Crippen LogP contribution in [0.25, 0.3) is 10.2 Å². The third kappa shape index (κ3) is 3.45. The lowest BCUT2D eigenvalue weighted by atomic mass is 9.86. The molecule has 5 nitrogen and oxygen atoms in total. The number of anilines is 1. The highest BCUT2D eigenvalue weighted by Crippen LogP contribution is 2.38. The normalized spacial score (nSPS) is 25.8. The molecule has 1 aromatic carbocycles. The third-order valence-electron chi connectivity index (χ3n) is 7.21. The molecule has 1 aliphatic heterocycles. The zero-order valence-electron chi connectivity index (χ0n) is 19.3. The van der Waals surface area contributed by atoms with Gasteiger partial charge in [0.1, 0.15) is 11.2 Å². The Kier molecular flexibility index (Phi) is 5.16. The molecule has 2 aliphatic rings. The lowest BCUT2D eigenvalue weighted by Crippen LogP contribution is -2.65. The molecule has 5 rings (SSSR count). The molecule has 2 aromatic heterocycles. The number of aromatic nitrogens is 1. The molecule has 1 aliphatic carbocycles. The molecule has 0 unspecified atom stereocenters. The lowest BCUT2D eigenvalue weighted by Gasteiger charge is -2.45. The number of fused-ring (bicyclic) bond motifs is 3. The van der Waals surface area contributed by atoms with Crippen LogP contribution in [0.2, 0.25) is 0 Å². The first-order chi connectivity index (χ1) is 15.3. The Labute approximate surface area is 193 Å². The number of hydrogen-bond acceptors (Lipinski definition) is 3. The molecular formula is C26H31N3O2S. The van der Waals surface area contributed by atoms with Gasteiger partial charge in [-0.05, 0) is 93.1 Å². The Hall–Kier alpha value is -2.60. The van der Waals surface area contributed by atoms with Crippen LogP contribution in [0.3, 0.4) is 0 Å². The van der Waals surface area contributed by atoms with Crippen molar-refractivity contribution in [2.75, 3.05) is 4.90 Å². The van der Waals surface area contributed by atoms with Crippen molar-refractivity contribution in [2.24, 2.45) is 5.92 Å².